The number of benzene rings is 1. The number of rotatable bonds is 3. The van der Waals surface area contributed by atoms with Crippen molar-refractivity contribution >= 4 is 27.5 Å². The molecule has 0 aliphatic carbocycles. The Kier molecular flexibility index (Phi) is 4.95. The van der Waals surface area contributed by atoms with Crippen molar-refractivity contribution in [2.24, 2.45) is 0 Å². The number of piperidine rings is 1. The smallest absolute Gasteiger partial charge is 0.270 e. The first-order chi connectivity index (χ1) is 9.88. The minimum Gasteiger partial charge on any atom is -0.349 e. The molecular formula is C14H18BrN3O3. The second kappa shape index (κ2) is 6.53. The van der Waals surface area contributed by atoms with Crippen molar-refractivity contribution in [2.45, 2.75) is 31.8 Å². The maximum absolute atomic E-state index is 12.3. The van der Waals surface area contributed by atoms with Crippen LogP contribution < -0.4 is 5.32 Å². The molecule has 0 spiro atoms. The topological polar surface area (TPSA) is 75.5 Å². The molecule has 0 bridgehead atoms. The molecule has 2 rings (SSSR count). The van der Waals surface area contributed by atoms with Gasteiger partial charge in [-0.05, 0) is 48.8 Å². The van der Waals surface area contributed by atoms with Crippen molar-refractivity contribution in [3.05, 3.63) is 38.3 Å². The van der Waals surface area contributed by atoms with E-state index in [2.05, 4.69) is 40.1 Å². The molecule has 1 aromatic carbocycles. The summed E-state index contributed by atoms with van der Waals surface area (Å²) < 4.78 is 0.562. The standard InChI is InChI=1S/C14H18BrN3O3/c1-9-7-10(5-6-17(9)2)16-14(19)12-8-11(18(20)21)3-4-13(12)15/h3-4,8-10H,5-7H2,1-2H3,(H,16,19). The second-order valence-electron chi connectivity index (χ2n) is 5.45. The van der Waals surface area contributed by atoms with Crippen LogP contribution in [0.3, 0.4) is 0 Å². The van der Waals surface area contributed by atoms with E-state index < -0.39 is 4.92 Å². The number of nitro groups is 1. The molecular weight excluding hydrogens is 338 g/mol. The highest BCUT2D eigenvalue weighted by Crippen LogP contribution is 2.23. The van der Waals surface area contributed by atoms with E-state index in [1.54, 1.807) is 0 Å². The predicted molar refractivity (Wildman–Crippen MR) is 83.4 cm³/mol. The lowest BCUT2D eigenvalue weighted by molar-refractivity contribution is -0.384. The molecule has 1 aliphatic rings. The molecule has 1 amide bonds. The van der Waals surface area contributed by atoms with E-state index >= 15 is 0 Å². The van der Waals surface area contributed by atoms with E-state index in [0.29, 0.717) is 16.1 Å². The third-order valence-corrected chi connectivity index (χ3v) is 4.64. The summed E-state index contributed by atoms with van der Waals surface area (Å²) in [6.45, 7) is 3.06. The molecule has 0 saturated carbocycles. The van der Waals surface area contributed by atoms with Gasteiger partial charge in [0.25, 0.3) is 11.6 Å². The van der Waals surface area contributed by atoms with Crippen LogP contribution in [-0.2, 0) is 0 Å². The largest absolute Gasteiger partial charge is 0.349 e. The van der Waals surface area contributed by atoms with Crippen LogP contribution in [0.15, 0.2) is 22.7 Å². The number of nitrogens with one attached hydrogen (secondary N) is 1. The van der Waals surface area contributed by atoms with Crippen molar-refractivity contribution in [2.75, 3.05) is 13.6 Å². The van der Waals surface area contributed by atoms with Gasteiger partial charge in [0.1, 0.15) is 0 Å². The highest BCUT2D eigenvalue weighted by molar-refractivity contribution is 9.10. The number of likely N-dealkylation sites (tertiary alicyclic amines) is 1. The zero-order valence-corrected chi connectivity index (χ0v) is 13.6. The fourth-order valence-electron chi connectivity index (χ4n) is 2.48. The minimum atomic E-state index is -0.499. The quantitative estimate of drug-likeness (QED) is 0.667. The van der Waals surface area contributed by atoms with Crippen LogP contribution in [-0.4, -0.2) is 41.4 Å². The third-order valence-electron chi connectivity index (χ3n) is 3.95. The summed E-state index contributed by atoms with van der Waals surface area (Å²) in [5, 5.41) is 13.8. The van der Waals surface area contributed by atoms with Crippen LogP contribution in [0.2, 0.25) is 0 Å². The molecule has 0 aromatic heterocycles. The molecule has 0 radical (unpaired) electrons. The molecule has 1 aliphatic heterocycles. The Morgan fingerprint density at radius 3 is 2.86 bits per heavy atom. The third kappa shape index (κ3) is 3.79. The highest BCUT2D eigenvalue weighted by Gasteiger charge is 2.25. The lowest BCUT2D eigenvalue weighted by Crippen LogP contribution is -2.47. The van der Waals surface area contributed by atoms with Crippen LogP contribution in [0, 0.1) is 10.1 Å². The van der Waals surface area contributed by atoms with E-state index in [0.717, 1.165) is 19.4 Å². The van der Waals surface area contributed by atoms with Crippen molar-refractivity contribution in [3.8, 4) is 0 Å². The van der Waals surface area contributed by atoms with Crippen LogP contribution in [0.1, 0.15) is 30.1 Å². The number of carbonyl (C=O) groups excluding carboxylic acids is 1. The summed E-state index contributed by atoms with van der Waals surface area (Å²) in [6.07, 6.45) is 1.77. The molecule has 1 fully saturated rings. The summed E-state index contributed by atoms with van der Waals surface area (Å²) in [7, 11) is 2.07. The average Bonchev–Trinajstić information content (AvgIpc) is 2.43. The fraction of sp³-hybridized carbons (Fsp3) is 0.500. The molecule has 1 aromatic rings. The number of amides is 1. The first-order valence-corrected chi connectivity index (χ1v) is 7.63. The number of carbonyl (C=O) groups is 1. The van der Waals surface area contributed by atoms with Gasteiger partial charge in [-0.15, -0.1) is 0 Å². The first kappa shape index (κ1) is 15.9. The molecule has 114 valence electrons. The van der Waals surface area contributed by atoms with E-state index in [1.165, 1.54) is 18.2 Å². The van der Waals surface area contributed by atoms with Crippen molar-refractivity contribution < 1.29 is 9.72 Å². The van der Waals surface area contributed by atoms with Gasteiger partial charge in [0, 0.05) is 35.2 Å². The van der Waals surface area contributed by atoms with Gasteiger partial charge >= 0.3 is 0 Å². The number of nitro benzene ring substituents is 1. The first-order valence-electron chi connectivity index (χ1n) is 6.83. The molecule has 7 heteroatoms. The Bertz CT molecular complexity index is 564. The van der Waals surface area contributed by atoms with E-state index in [-0.39, 0.29) is 17.6 Å². The van der Waals surface area contributed by atoms with Gasteiger partial charge in [-0.1, -0.05) is 0 Å². The highest BCUT2D eigenvalue weighted by atomic mass is 79.9. The van der Waals surface area contributed by atoms with Gasteiger partial charge in [0.15, 0.2) is 0 Å². The number of hydrogen-bond acceptors (Lipinski definition) is 4. The van der Waals surface area contributed by atoms with Gasteiger partial charge in [0.05, 0.1) is 10.5 Å². The molecule has 2 atom stereocenters. The number of non-ortho nitro benzene ring substituents is 1. The SMILES string of the molecule is CC1CC(NC(=O)c2cc([N+](=O)[O-])ccc2Br)CCN1C. The van der Waals surface area contributed by atoms with Gasteiger partial charge in [-0.2, -0.15) is 0 Å². The van der Waals surface area contributed by atoms with Crippen molar-refractivity contribution in [1.82, 2.24) is 10.2 Å². The second-order valence-corrected chi connectivity index (χ2v) is 6.30. The van der Waals surface area contributed by atoms with Gasteiger partial charge in [-0.3, -0.25) is 14.9 Å². The Morgan fingerprint density at radius 1 is 1.52 bits per heavy atom. The Labute approximate surface area is 131 Å². The summed E-state index contributed by atoms with van der Waals surface area (Å²) >= 11 is 3.27. The monoisotopic (exact) mass is 355 g/mol. The molecule has 1 heterocycles. The van der Waals surface area contributed by atoms with Crippen LogP contribution in [0.4, 0.5) is 5.69 Å². The Hall–Kier alpha value is -1.47. The van der Waals surface area contributed by atoms with E-state index in [1.807, 2.05) is 0 Å². The fourth-order valence-corrected chi connectivity index (χ4v) is 2.91. The van der Waals surface area contributed by atoms with Crippen LogP contribution >= 0.6 is 15.9 Å². The lowest BCUT2D eigenvalue weighted by Gasteiger charge is -2.35. The van der Waals surface area contributed by atoms with E-state index in [9.17, 15) is 14.9 Å². The van der Waals surface area contributed by atoms with E-state index in [4.69, 9.17) is 0 Å². The molecule has 1 N–H and O–H groups in total. The summed E-state index contributed by atoms with van der Waals surface area (Å²) in [6, 6.07) is 4.73. The summed E-state index contributed by atoms with van der Waals surface area (Å²) in [5.74, 6) is -0.271. The van der Waals surface area contributed by atoms with Gasteiger partial charge in [-0.25, -0.2) is 0 Å². The zero-order valence-electron chi connectivity index (χ0n) is 12.0. The van der Waals surface area contributed by atoms with Gasteiger partial charge in [0.2, 0.25) is 0 Å². The predicted octanol–water partition coefficient (Wildman–Crippen LogP) is 2.57. The lowest BCUT2D eigenvalue weighted by atomic mass is 9.98. The maximum atomic E-state index is 12.3. The number of halogens is 1. The molecule has 2 unspecified atom stereocenters. The summed E-state index contributed by atoms with van der Waals surface area (Å²) in [4.78, 5) is 24.9. The number of hydrogen-bond donors (Lipinski definition) is 1. The molecule has 1 saturated heterocycles. The Morgan fingerprint density at radius 2 is 2.24 bits per heavy atom. The molecule has 6 nitrogen and oxygen atoms in total. The van der Waals surface area contributed by atoms with Crippen molar-refractivity contribution in [1.29, 1.82) is 0 Å². The maximum Gasteiger partial charge on any atom is 0.270 e. The van der Waals surface area contributed by atoms with Crippen LogP contribution in [0.5, 0.6) is 0 Å². The molecule has 21 heavy (non-hydrogen) atoms. The summed E-state index contributed by atoms with van der Waals surface area (Å²) in [5.41, 5.74) is 0.218. The average molecular weight is 356 g/mol. The normalized spacial score (nSPS) is 22.8. The van der Waals surface area contributed by atoms with Crippen LogP contribution in [0.25, 0.3) is 0 Å². The van der Waals surface area contributed by atoms with Crippen molar-refractivity contribution in [3.63, 3.8) is 0 Å². The zero-order chi connectivity index (χ0) is 15.6. The minimum absolute atomic E-state index is 0.0832. The number of nitrogens with zero attached hydrogens (tertiary/aromatic N) is 2. The van der Waals surface area contributed by atoms with Gasteiger partial charge < -0.3 is 10.2 Å². The Balaban J connectivity index is 2.10.